The Kier molecular flexibility index (Phi) is 7.27. The molecule has 0 aliphatic rings. The molecule has 1 unspecified atom stereocenters. The number of hydrogen-bond donors (Lipinski definition) is 3. The number of nitrogens with two attached hydrogens (primary N) is 1. The third-order valence-corrected chi connectivity index (χ3v) is 4.76. The van der Waals surface area contributed by atoms with Gasteiger partial charge >= 0.3 is 0 Å². The SMILES string of the molecule is CC(C)(CN)C(NC(=O)c1ccc(I)cc1)C(=Nc1cccnc1)NC#N. The van der Waals surface area contributed by atoms with Crippen LogP contribution in [0.15, 0.2) is 53.8 Å². The van der Waals surface area contributed by atoms with Crippen LogP contribution in [0.2, 0.25) is 0 Å². The van der Waals surface area contributed by atoms with E-state index >= 15 is 0 Å². The fraction of sp³-hybridized carbons (Fsp3) is 0.263. The maximum absolute atomic E-state index is 12.8. The number of amidine groups is 1. The van der Waals surface area contributed by atoms with Crippen molar-refractivity contribution >= 4 is 40.0 Å². The number of nitrogens with zero attached hydrogens (tertiary/aromatic N) is 3. The molecular weight excluding hydrogens is 455 g/mol. The zero-order chi connectivity index (χ0) is 19.9. The fourth-order valence-electron chi connectivity index (χ4n) is 2.35. The van der Waals surface area contributed by atoms with Gasteiger partial charge in [0, 0.05) is 20.7 Å². The molecule has 1 atom stereocenters. The Hall–Kier alpha value is -2.51. The Morgan fingerprint density at radius 2 is 2.07 bits per heavy atom. The van der Waals surface area contributed by atoms with Crippen LogP contribution in [0.5, 0.6) is 0 Å². The molecule has 140 valence electrons. The monoisotopic (exact) mass is 476 g/mol. The molecule has 8 heteroatoms. The number of amides is 1. The van der Waals surface area contributed by atoms with Crippen molar-refractivity contribution in [1.29, 1.82) is 5.26 Å². The van der Waals surface area contributed by atoms with Crippen LogP contribution in [0.3, 0.4) is 0 Å². The van der Waals surface area contributed by atoms with Gasteiger partial charge in [0.25, 0.3) is 5.91 Å². The van der Waals surface area contributed by atoms with Crippen molar-refractivity contribution in [2.45, 2.75) is 19.9 Å². The summed E-state index contributed by atoms with van der Waals surface area (Å²) in [6.45, 7) is 4.09. The van der Waals surface area contributed by atoms with E-state index in [0.717, 1.165) is 3.57 Å². The number of nitrogens with one attached hydrogen (secondary N) is 2. The molecule has 0 spiro atoms. The topological polar surface area (TPSA) is 116 Å². The molecule has 1 aromatic heterocycles. The average molecular weight is 476 g/mol. The highest BCUT2D eigenvalue weighted by Gasteiger charge is 2.34. The number of halogens is 1. The summed E-state index contributed by atoms with van der Waals surface area (Å²) in [6.07, 6.45) is 5.10. The number of nitriles is 1. The summed E-state index contributed by atoms with van der Waals surface area (Å²) in [4.78, 5) is 21.3. The van der Waals surface area contributed by atoms with Gasteiger partial charge in [0.05, 0.1) is 17.9 Å². The zero-order valence-corrected chi connectivity index (χ0v) is 17.3. The first kappa shape index (κ1) is 20.8. The van der Waals surface area contributed by atoms with Crippen LogP contribution in [0.1, 0.15) is 24.2 Å². The second kappa shape index (κ2) is 9.43. The number of benzene rings is 1. The molecule has 0 aliphatic carbocycles. The van der Waals surface area contributed by atoms with Gasteiger partial charge in [-0.05, 0) is 65.5 Å². The van der Waals surface area contributed by atoms with Crippen LogP contribution in [0.4, 0.5) is 5.69 Å². The van der Waals surface area contributed by atoms with Crippen LogP contribution in [-0.2, 0) is 0 Å². The largest absolute Gasteiger partial charge is 0.341 e. The molecule has 0 aliphatic heterocycles. The van der Waals surface area contributed by atoms with Crippen molar-refractivity contribution in [3.8, 4) is 6.19 Å². The maximum Gasteiger partial charge on any atom is 0.251 e. The highest BCUT2D eigenvalue weighted by molar-refractivity contribution is 14.1. The van der Waals surface area contributed by atoms with Gasteiger partial charge < -0.3 is 11.1 Å². The maximum atomic E-state index is 12.8. The molecule has 27 heavy (non-hydrogen) atoms. The molecule has 2 rings (SSSR count). The van der Waals surface area contributed by atoms with E-state index in [9.17, 15) is 10.1 Å². The molecule has 2 aromatic rings. The molecule has 0 fully saturated rings. The number of aromatic nitrogens is 1. The Bertz CT molecular complexity index is 843. The van der Waals surface area contributed by atoms with Crippen LogP contribution in [0.25, 0.3) is 0 Å². The predicted molar refractivity (Wildman–Crippen MR) is 113 cm³/mol. The third-order valence-electron chi connectivity index (χ3n) is 4.04. The molecule has 0 bridgehead atoms. The minimum Gasteiger partial charge on any atom is -0.341 e. The summed E-state index contributed by atoms with van der Waals surface area (Å²) >= 11 is 2.18. The smallest absolute Gasteiger partial charge is 0.251 e. The number of rotatable bonds is 6. The molecule has 0 saturated heterocycles. The minimum absolute atomic E-state index is 0.267. The first-order valence-corrected chi connectivity index (χ1v) is 9.35. The van der Waals surface area contributed by atoms with Gasteiger partial charge in [-0.2, -0.15) is 5.26 Å². The van der Waals surface area contributed by atoms with E-state index in [-0.39, 0.29) is 12.5 Å². The molecule has 1 aromatic carbocycles. The van der Waals surface area contributed by atoms with Gasteiger partial charge in [-0.25, -0.2) is 4.99 Å². The summed E-state index contributed by atoms with van der Waals surface area (Å²) in [5, 5.41) is 14.7. The highest BCUT2D eigenvalue weighted by Crippen LogP contribution is 2.22. The lowest BCUT2D eigenvalue weighted by atomic mass is 9.83. The van der Waals surface area contributed by atoms with E-state index < -0.39 is 11.5 Å². The Labute approximate surface area is 172 Å². The van der Waals surface area contributed by atoms with Gasteiger partial charge in [0.2, 0.25) is 0 Å². The second-order valence-corrected chi connectivity index (χ2v) is 7.80. The van der Waals surface area contributed by atoms with Crippen LogP contribution in [0, 0.1) is 20.4 Å². The lowest BCUT2D eigenvalue weighted by Gasteiger charge is -2.34. The van der Waals surface area contributed by atoms with Crippen LogP contribution >= 0.6 is 22.6 Å². The fourth-order valence-corrected chi connectivity index (χ4v) is 2.71. The van der Waals surface area contributed by atoms with Gasteiger partial charge in [-0.3, -0.25) is 15.1 Å². The summed E-state index contributed by atoms with van der Waals surface area (Å²) in [6, 6.07) is 10.1. The van der Waals surface area contributed by atoms with Crippen molar-refractivity contribution < 1.29 is 4.79 Å². The Balaban J connectivity index is 2.40. The predicted octanol–water partition coefficient (Wildman–Crippen LogP) is 2.57. The summed E-state index contributed by atoms with van der Waals surface area (Å²) < 4.78 is 1.04. The summed E-state index contributed by atoms with van der Waals surface area (Å²) in [5.41, 5.74) is 6.47. The molecular formula is C19H21IN6O. The van der Waals surface area contributed by atoms with Crippen LogP contribution < -0.4 is 16.4 Å². The highest BCUT2D eigenvalue weighted by atomic mass is 127. The molecule has 1 amide bonds. The number of hydrogen-bond acceptors (Lipinski definition) is 5. The third kappa shape index (κ3) is 5.74. The first-order valence-electron chi connectivity index (χ1n) is 8.27. The average Bonchev–Trinajstić information content (AvgIpc) is 2.67. The standard InChI is InChI=1S/C19H21IN6O/c1-19(2,11-21)16(26-18(27)13-5-7-14(20)8-6-13)17(24-12-22)25-15-4-3-9-23-10-15/h3-10,16H,11,21H2,1-2H3,(H,24,25)(H,26,27). The molecule has 7 nitrogen and oxygen atoms in total. The lowest BCUT2D eigenvalue weighted by Crippen LogP contribution is -2.56. The van der Waals surface area contributed by atoms with E-state index in [1.165, 1.54) is 0 Å². The van der Waals surface area contributed by atoms with Gasteiger partial charge in [-0.1, -0.05) is 13.8 Å². The van der Waals surface area contributed by atoms with Crippen LogP contribution in [-0.4, -0.2) is 29.3 Å². The summed E-state index contributed by atoms with van der Waals surface area (Å²) in [7, 11) is 0. The molecule has 4 N–H and O–H groups in total. The number of carbonyl (C=O) groups is 1. The molecule has 1 heterocycles. The van der Waals surface area contributed by atoms with E-state index in [1.54, 1.807) is 36.7 Å². The van der Waals surface area contributed by atoms with Crippen molar-refractivity contribution in [3.05, 3.63) is 57.9 Å². The second-order valence-electron chi connectivity index (χ2n) is 6.55. The van der Waals surface area contributed by atoms with Crippen molar-refractivity contribution in [1.82, 2.24) is 15.6 Å². The minimum atomic E-state index is -0.603. The Morgan fingerprint density at radius 3 is 2.63 bits per heavy atom. The van der Waals surface area contributed by atoms with Gasteiger partial charge in [0.15, 0.2) is 6.19 Å². The number of carbonyl (C=O) groups excluding carboxylic acids is 1. The van der Waals surface area contributed by atoms with Crippen molar-refractivity contribution in [2.24, 2.45) is 16.1 Å². The lowest BCUT2D eigenvalue weighted by molar-refractivity contribution is 0.0922. The Morgan fingerprint density at radius 1 is 1.37 bits per heavy atom. The first-order chi connectivity index (χ1) is 12.9. The number of aliphatic imine (C=N–C) groups is 1. The van der Waals surface area contributed by atoms with Crippen molar-refractivity contribution in [2.75, 3.05) is 6.54 Å². The molecule has 0 radical (unpaired) electrons. The van der Waals surface area contributed by atoms with E-state index in [2.05, 4.69) is 43.2 Å². The normalized spacial score (nSPS) is 12.8. The van der Waals surface area contributed by atoms with Gasteiger partial charge in [-0.15, -0.1) is 0 Å². The van der Waals surface area contributed by atoms with Crippen molar-refractivity contribution in [3.63, 3.8) is 0 Å². The summed E-state index contributed by atoms with van der Waals surface area (Å²) in [5.74, 6) is 0.0383. The quantitative estimate of drug-likeness (QED) is 0.195. The number of pyridine rings is 1. The zero-order valence-electron chi connectivity index (χ0n) is 15.1. The molecule has 0 saturated carbocycles. The van der Waals surface area contributed by atoms with Gasteiger partial charge in [0.1, 0.15) is 5.84 Å². The van der Waals surface area contributed by atoms with E-state index in [1.807, 2.05) is 32.2 Å². The van der Waals surface area contributed by atoms with E-state index in [4.69, 9.17) is 5.73 Å². The van der Waals surface area contributed by atoms with E-state index in [0.29, 0.717) is 17.1 Å².